The third kappa shape index (κ3) is 47.7. The second-order valence-electron chi connectivity index (χ2n) is 2.37. The molecule has 0 saturated carbocycles. The van der Waals surface area contributed by atoms with Gasteiger partial charge in [-0.2, -0.15) is 0 Å². The van der Waals surface area contributed by atoms with E-state index < -0.39 is 5.97 Å². The molecule has 0 radical (unpaired) electrons. The summed E-state index contributed by atoms with van der Waals surface area (Å²) in [5.41, 5.74) is 0. The molecule has 0 rings (SSSR count). The summed E-state index contributed by atoms with van der Waals surface area (Å²) in [6, 6.07) is 0. The standard InChI is InChI=1S/C4H6O3.C3H8O/c1-3(5)2-4(6)7;1-3(2)4/h2H2,1H3,(H,6,7);3-4H,1-2H3. The zero-order valence-electron chi connectivity index (χ0n) is 7.00. The minimum atomic E-state index is -1.06. The van der Waals surface area contributed by atoms with Crippen molar-refractivity contribution in [3.05, 3.63) is 0 Å². The van der Waals surface area contributed by atoms with Crippen LogP contribution < -0.4 is 0 Å². The molecular formula is C7H14O4. The highest BCUT2D eigenvalue weighted by molar-refractivity contribution is 5.93. The molecule has 0 unspecified atom stereocenters. The van der Waals surface area contributed by atoms with Crippen LogP contribution in [0.4, 0.5) is 0 Å². The molecule has 0 fully saturated rings. The van der Waals surface area contributed by atoms with Crippen LogP contribution in [0.3, 0.4) is 0 Å². The molecule has 0 atom stereocenters. The van der Waals surface area contributed by atoms with Crippen LogP contribution in [0.25, 0.3) is 0 Å². The lowest BCUT2D eigenvalue weighted by molar-refractivity contribution is -0.139. The summed E-state index contributed by atoms with van der Waals surface area (Å²) in [4.78, 5) is 19.5. The average molecular weight is 162 g/mol. The minimum Gasteiger partial charge on any atom is -0.481 e. The van der Waals surface area contributed by atoms with Crippen molar-refractivity contribution in [3.63, 3.8) is 0 Å². The molecule has 0 heterocycles. The number of aliphatic hydroxyl groups excluding tert-OH is 1. The molecule has 66 valence electrons. The van der Waals surface area contributed by atoms with Crippen LogP contribution in [0.1, 0.15) is 27.2 Å². The SMILES string of the molecule is CC(=O)CC(=O)O.CC(C)O. The quantitative estimate of drug-likeness (QED) is 0.577. The second kappa shape index (κ2) is 7.21. The summed E-state index contributed by atoms with van der Waals surface area (Å²) in [5, 5.41) is 15.9. The lowest BCUT2D eigenvalue weighted by atomic mass is 10.3. The average Bonchev–Trinajstić information content (AvgIpc) is 1.56. The maximum absolute atomic E-state index is 9.87. The van der Waals surface area contributed by atoms with Gasteiger partial charge in [-0.15, -0.1) is 0 Å². The summed E-state index contributed by atoms with van der Waals surface area (Å²) in [5.74, 6) is -1.37. The number of aliphatic carboxylic acids is 1. The van der Waals surface area contributed by atoms with Crippen LogP contribution in [-0.2, 0) is 9.59 Å². The van der Waals surface area contributed by atoms with Gasteiger partial charge in [-0.3, -0.25) is 9.59 Å². The molecule has 0 aliphatic carbocycles. The molecule has 4 nitrogen and oxygen atoms in total. The van der Waals surface area contributed by atoms with Crippen LogP contribution in [0, 0.1) is 0 Å². The number of Topliss-reactive ketones (excluding diaryl/α,β-unsaturated/α-hetero) is 1. The Balaban J connectivity index is 0. The maximum atomic E-state index is 9.87. The number of carboxylic acid groups (broad SMARTS) is 1. The van der Waals surface area contributed by atoms with Crippen molar-refractivity contribution in [1.82, 2.24) is 0 Å². The van der Waals surface area contributed by atoms with Crippen molar-refractivity contribution >= 4 is 11.8 Å². The van der Waals surface area contributed by atoms with Crippen LogP contribution in [0.15, 0.2) is 0 Å². The predicted molar refractivity (Wildman–Crippen MR) is 40.3 cm³/mol. The molecule has 0 amide bonds. The van der Waals surface area contributed by atoms with Gasteiger partial charge in [-0.05, 0) is 20.8 Å². The molecule has 0 aliphatic heterocycles. The fourth-order valence-corrected chi connectivity index (χ4v) is 0.213. The molecule has 0 bridgehead atoms. The van der Waals surface area contributed by atoms with E-state index in [1.165, 1.54) is 6.92 Å². The number of hydrogen-bond donors (Lipinski definition) is 2. The third-order valence-corrected chi connectivity index (χ3v) is 0.400. The summed E-state index contributed by atoms with van der Waals surface area (Å²) in [6.07, 6.45) is -0.528. The lowest BCUT2D eigenvalue weighted by Gasteiger charge is -1.80. The van der Waals surface area contributed by atoms with Gasteiger partial charge in [0.25, 0.3) is 0 Å². The smallest absolute Gasteiger partial charge is 0.310 e. The summed E-state index contributed by atoms with van der Waals surface area (Å²) < 4.78 is 0. The van der Waals surface area contributed by atoms with Crippen molar-refractivity contribution in [3.8, 4) is 0 Å². The van der Waals surface area contributed by atoms with Crippen molar-refractivity contribution in [1.29, 1.82) is 0 Å². The fraction of sp³-hybridized carbons (Fsp3) is 0.714. The van der Waals surface area contributed by atoms with Crippen LogP contribution in [0.2, 0.25) is 0 Å². The van der Waals surface area contributed by atoms with Gasteiger partial charge in [0.05, 0.1) is 0 Å². The first-order chi connectivity index (χ1) is 4.86. The van der Waals surface area contributed by atoms with Gasteiger partial charge in [0.15, 0.2) is 0 Å². The number of carbonyl (C=O) groups is 2. The molecule has 0 aliphatic rings. The summed E-state index contributed by atoms with van der Waals surface area (Å²) in [6.45, 7) is 4.69. The van der Waals surface area contributed by atoms with E-state index in [1.54, 1.807) is 13.8 Å². The van der Waals surface area contributed by atoms with Gasteiger partial charge < -0.3 is 10.2 Å². The normalized spacial score (nSPS) is 8.45. The molecule has 0 spiro atoms. The van der Waals surface area contributed by atoms with Gasteiger partial charge in [0.2, 0.25) is 0 Å². The van der Waals surface area contributed by atoms with E-state index in [9.17, 15) is 9.59 Å². The molecule has 0 aromatic carbocycles. The fourth-order valence-electron chi connectivity index (χ4n) is 0.213. The van der Waals surface area contributed by atoms with Crippen LogP contribution in [0.5, 0.6) is 0 Å². The molecule has 0 aromatic heterocycles. The highest BCUT2D eigenvalue weighted by atomic mass is 16.4. The summed E-state index contributed by atoms with van der Waals surface area (Å²) >= 11 is 0. The number of rotatable bonds is 2. The second-order valence-corrected chi connectivity index (χ2v) is 2.37. The maximum Gasteiger partial charge on any atom is 0.310 e. The molecule has 2 N–H and O–H groups in total. The first kappa shape index (κ1) is 12.7. The molecule has 0 aromatic rings. The molecule has 11 heavy (non-hydrogen) atoms. The van der Waals surface area contributed by atoms with E-state index in [0.717, 1.165) is 0 Å². The van der Waals surface area contributed by atoms with Gasteiger partial charge >= 0.3 is 5.97 Å². The van der Waals surface area contributed by atoms with E-state index in [4.69, 9.17) is 10.2 Å². The van der Waals surface area contributed by atoms with Crippen molar-refractivity contribution in [2.45, 2.75) is 33.3 Å². The first-order valence-electron chi connectivity index (χ1n) is 3.25. The van der Waals surface area contributed by atoms with E-state index in [1.807, 2.05) is 0 Å². The van der Waals surface area contributed by atoms with Crippen LogP contribution in [-0.4, -0.2) is 28.1 Å². The zero-order valence-corrected chi connectivity index (χ0v) is 7.00. The van der Waals surface area contributed by atoms with Crippen molar-refractivity contribution in [2.75, 3.05) is 0 Å². The van der Waals surface area contributed by atoms with E-state index in [2.05, 4.69) is 0 Å². The number of carbonyl (C=O) groups excluding carboxylic acids is 1. The topological polar surface area (TPSA) is 74.6 Å². The van der Waals surface area contributed by atoms with E-state index in [0.29, 0.717) is 0 Å². The van der Waals surface area contributed by atoms with Gasteiger partial charge in [-0.1, -0.05) is 0 Å². The molecule has 0 saturated heterocycles. The Kier molecular flexibility index (Phi) is 8.36. The van der Waals surface area contributed by atoms with E-state index >= 15 is 0 Å². The highest BCUT2D eigenvalue weighted by Gasteiger charge is 1.98. The molecule has 4 heteroatoms. The van der Waals surface area contributed by atoms with Crippen LogP contribution >= 0.6 is 0 Å². The Morgan fingerprint density at radius 3 is 1.64 bits per heavy atom. The van der Waals surface area contributed by atoms with Crippen molar-refractivity contribution < 1.29 is 19.8 Å². The minimum absolute atomic E-state index is 0.167. The number of ketones is 1. The van der Waals surface area contributed by atoms with Crippen molar-refractivity contribution in [2.24, 2.45) is 0 Å². The van der Waals surface area contributed by atoms with E-state index in [-0.39, 0.29) is 18.3 Å². The highest BCUT2D eigenvalue weighted by Crippen LogP contribution is 1.77. The number of carboxylic acids is 1. The Morgan fingerprint density at radius 2 is 1.64 bits per heavy atom. The number of aliphatic hydroxyl groups is 1. The Labute approximate surface area is 65.8 Å². The zero-order chi connectivity index (χ0) is 9.44. The van der Waals surface area contributed by atoms with Gasteiger partial charge in [0.1, 0.15) is 12.2 Å². The molecular weight excluding hydrogens is 148 g/mol. The third-order valence-electron chi connectivity index (χ3n) is 0.400. The first-order valence-corrected chi connectivity index (χ1v) is 3.25. The van der Waals surface area contributed by atoms with Gasteiger partial charge in [-0.25, -0.2) is 0 Å². The Morgan fingerprint density at radius 1 is 1.36 bits per heavy atom. The number of hydrogen-bond acceptors (Lipinski definition) is 3. The Hall–Kier alpha value is -0.900. The lowest BCUT2D eigenvalue weighted by Crippen LogP contribution is -2.00. The summed E-state index contributed by atoms with van der Waals surface area (Å²) in [7, 11) is 0. The largest absolute Gasteiger partial charge is 0.481 e. The van der Waals surface area contributed by atoms with Gasteiger partial charge in [0, 0.05) is 6.10 Å². The monoisotopic (exact) mass is 162 g/mol. The Bertz CT molecular complexity index is 114. The predicted octanol–water partition coefficient (Wildman–Crippen LogP) is 0.437.